The van der Waals surface area contributed by atoms with Gasteiger partial charge in [-0.15, -0.1) is 0 Å². The number of aryl methyl sites for hydroxylation is 3. The van der Waals surface area contributed by atoms with Gasteiger partial charge in [-0.2, -0.15) is 5.10 Å². The highest BCUT2D eigenvalue weighted by Gasteiger charge is 2.16. The largest absolute Gasteiger partial charge is 0.497 e. The summed E-state index contributed by atoms with van der Waals surface area (Å²) in [5, 5.41) is 4.62. The van der Waals surface area contributed by atoms with E-state index < -0.39 is 5.97 Å². The van der Waals surface area contributed by atoms with Gasteiger partial charge in [0.25, 0.3) is 0 Å². The molecule has 0 unspecified atom stereocenters. The van der Waals surface area contributed by atoms with Crippen LogP contribution in [0.5, 0.6) is 5.75 Å². The number of hydrogen-bond donors (Lipinski definition) is 0. The van der Waals surface area contributed by atoms with Gasteiger partial charge < -0.3 is 9.47 Å². The van der Waals surface area contributed by atoms with Gasteiger partial charge in [0.2, 0.25) is 5.78 Å². The van der Waals surface area contributed by atoms with Gasteiger partial charge >= 0.3 is 5.97 Å². The SMILES string of the molecule is COc1cccc(-n2nc(C)c(CCC(=O)OCC(=O)c3cc(C)ccc3C)c2C)c1. The van der Waals surface area contributed by atoms with Crippen molar-refractivity contribution in [1.29, 1.82) is 0 Å². The lowest BCUT2D eigenvalue weighted by molar-refractivity contribution is -0.142. The summed E-state index contributed by atoms with van der Waals surface area (Å²) in [5.74, 6) is 0.169. The molecule has 6 nitrogen and oxygen atoms in total. The van der Waals surface area contributed by atoms with Crippen LogP contribution in [-0.2, 0) is 16.0 Å². The van der Waals surface area contributed by atoms with Crippen molar-refractivity contribution >= 4 is 11.8 Å². The van der Waals surface area contributed by atoms with Gasteiger partial charge in [-0.05, 0) is 63.4 Å². The van der Waals surface area contributed by atoms with Crippen molar-refractivity contribution in [2.24, 2.45) is 0 Å². The summed E-state index contributed by atoms with van der Waals surface area (Å²) in [4.78, 5) is 24.7. The number of esters is 1. The molecule has 0 bridgehead atoms. The van der Waals surface area contributed by atoms with Crippen molar-refractivity contribution in [3.63, 3.8) is 0 Å². The fourth-order valence-electron chi connectivity index (χ4n) is 3.59. The van der Waals surface area contributed by atoms with Crippen LogP contribution in [0, 0.1) is 27.7 Å². The molecule has 0 fully saturated rings. The lowest BCUT2D eigenvalue weighted by Gasteiger charge is -2.08. The molecule has 2 aromatic carbocycles. The molecule has 1 aromatic heterocycles. The molecule has 0 radical (unpaired) electrons. The molecule has 0 amide bonds. The monoisotopic (exact) mass is 420 g/mol. The third-order valence-corrected chi connectivity index (χ3v) is 5.38. The second kappa shape index (κ2) is 9.60. The molecule has 1 heterocycles. The summed E-state index contributed by atoms with van der Waals surface area (Å²) in [6.45, 7) is 7.46. The lowest BCUT2D eigenvalue weighted by atomic mass is 10.0. The Labute approximate surface area is 182 Å². The van der Waals surface area contributed by atoms with Gasteiger partial charge in [0.05, 0.1) is 18.5 Å². The summed E-state index contributed by atoms with van der Waals surface area (Å²) >= 11 is 0. The van der Waals surface area contributed by atoms with Gasteiger partial charge in [-0.3, -0.25) is 9.59 Å². The Morgan fingerprint density at radius 3 is 2.55 bits per heavy atom. The molecule has 31 heavy (non-hydrogen) atoms. The lowest BCUT2D eigenvalue weighted by Crippen LogP contribution is -2.15. The topological polar surface area (TPSA) is 70.4 Å². The minimum Gasteiger partial charge on any atom is -0.497 e. The zero-order valence-electron chi connectivity index (χ0n) is 18.7. The number of rotatable bonds is 8. The van der Waals surface area contributed by atoms with E-state index in [1.54, 1.807) is 7.11 Å². The first-order valence-electron chi connectivity index (χ1n) is 10.3. The maximum absolute atomic E-state index is 12.4. The number of carbonyl (C=O) groups is 2. The van der Waals surface area contributed by atoms with E-state index in [-0.39, 0.29) is 18.8 Å². The number of hydrogen-bond acceptors (Lipinski definition) is 5. The molecule has 0 atom stereocenters. The van der Waals surface area contributed by atoms with Crippen LogP contribution < -0.4 is 4.74 Å². The Kier molecular flexibility index (Phi) is 6.90. The molecular weight excluding hydrogens is 392 g/mol. The summed E-state index contributed by atoms with van der Waals surface area (Å²) in [5.41, 5.74) is 6.19. The molecule has 162 valence electrons. The van der Waals surface area contributed by atoms with E-state index >= 15 is 0 Å². The molecular formula is C25H28N2O4. The molecule has 0 N–H and O–H groups in total. The number of ketones is 1. The predicted molar refractivity (Wildman–Crippen MR) is 119 cm³/mol. The van der Waals surface area contributed by atoms with Crippen molar-refractivity contribution in [2.45, 2.75) is 40.5 Å². The van der Waals surface area contributed by atoms with Crippen molar-refractivity contribution in [3.05, 3.63) is 76.1 Å². The predicted octanol–water partition coefficient (Wildman–Crippen LogP) is 4.47. The summed E-state index contributed by atoms with van der Waals surface area (Å²) in [6.07, 6.45) is 0.684. The van der Waals surface area contributed by atoms with Gasteiger partial charge in [-0.25, -0.2) is 4.68 Å². The Bertz CT molecular complexity index is 1110. The first kappa shape index (κ1) is 22.3. The van der Waals surface area contributed by atoms with Gasteiger partial charge in [0, 0.05) is 23.7 Å². The molecule has 0 aliphatic rings. The molecule has 6 heteroatoms. The van der Waals surface area contributed by atoms with E-state index in [0.29, 0.717) is 12.0 Å². The standard InChI is InChI=1S/C25H28N2O4/c1-16-9-10-17(2)23(13-16)24(28)15-31-25(29)12-11-22-18(3)26-27(19(22)4)20-7-6-8-21(14-20)30-5/h6-10,13-14H,11-12,15H2,1-5H3. The highest BCUT2D eigenvalue weighted by atomic mass is 16.5. The average molecular weight is 421 g/mol. The first-order valence-corrected chi connectivity index (χ1v) is 10.3. The molecule has 3 aromatic rings. The third kappa shape index (κ3) is 5.20. The Morgan fingerprint density at radius 1 is 1.03 bits per heavy atom. The van der Waals surface area contributed by atoms with E-state index in [2.05, 4.69) is 5.10 Å². The minimum atomic E-state index is -0.397. The highest BCUT2D eigenvalue weighted by Crippen LogP contribution is 2.22. The van der Waals surface area contributed by atoms with E-state index in [0.717, 1.165) is 39.5 Å². The maximum Gasteiger partial charge on any atom is 0.306 e. The van der Waals surface area contributed by atoms with Crippen LogP contribution in [0.25, 0.3) is 5.69 Å². The van der Waals surface area contributed by atoms with Crippen molar-refractivity contribution < 1.29 is 19.1 Å². The van der Waals surface area contributed by atoms with Crippen molar-refractivity contribution in [1.82, 2.24) is 9.78 Å². The average Bonchev–Trinajstić information content (AvgIpc) is 3.05. The Balaban J connectivity index is 1.62. The summed E-state index contributed by atoms with van der Waals surface area (Å²) < 4.78 is 12.4. The third-order valence-electron chi connectivity index (χ3n) is 5.38. The Morgan fingerprint density at radius 2 is 1.81 bits per heavy atom. The quantitative estimate of drug-likeness (QED) is 0.397. The van der Waals surface area contributed by atoms with E-state index in [1.165, 1.54) is 0 Å². The number of ether oxygens (including phenoxy) is 2. The zero-order valence-corrected chi connectivity index (χ0v) is 18.7. The van der Waals surface area contributed by atoms with Gasteiger partial charge in [0.1, 0.15) is 5.75 Å². The van der Waals surface area contributed by atoms with Crippen molar-refractivity contribution in [2.75, 3.05) is 13.7 Å². The van der Waals surface area contributed by atoms with Crippen LogP contribution >= 0.6 is 0 Å². The van der Waals surface area contributed by atoms with E-state index in [9.17, 15) is 9.59 Å². The maximum atomic E-state index is 12.4. The van der Waals surface area contributed by atoms with Gasteiger partial charge in [0.15, 0.2) is 6.61 Å². The molecule has 0 saturated heterocycles. The zero-order chi connectivity index (χ0) is 22.5. The second-order valence-corrected chi connectivity index (χ2v) is 7.66. The first-order chi connectivity index (χ1) is 14.8. The number of Topliss-reactive ketones (excluding diaryl/α,β-unsaturated/α-hetero) is 1. The van der Waals surface area contributed by atoms with E-state index in [1.807, 2.05) is 74.8 Å². The van der Waals surface area contributed by atoms with Gasteiger partial charge in [-0.1, -0.05) is 23.8 Å². The summed E-state index contributed by atoms with van der Waals surface area (Å²) in [6, 6.07) is 13.3. The normalized spacial score (nSPS) is 10.7. The van der Waals surface area contributed by atoms with E-state index in [4.69, 9.17) is 9.47 Å². The molecule has 0 aliphatic carbocycles. The fourth-order valence-corrected chi connectivity index (χ4v) is 3.59. The highest BCUT2D eigenvalue weighted by molar-refractivity contribution is 5.99. The number of carbonyl (C=O) groups excluding carboxylic acids is 2. The molecule has 0 aliphatic heterocycles. The van der Waals surface area contributed by atoms with Crippen LogP contribution in [0.4, 0.5) is 0 Å². The smallest absolute Gasteiger partial charge is 0.306 e. The fraction of sp³-hybridized carbons (Fsp3) is 0.320. The molecule has 3 rings (SSSR count). The number of nitrogens with zero attached hydrogens (tertiary/aromatic N) is 2. The second-order valence-electron chi connectivity index (χ2n) is 7.66. The van der Waals surface area contributed by atoms with Crippen molar-refractivity contribution in [3.8, 4) is 11.4 Å². The number of methoxy groups -OCH3 is 1. The van der Waals surface area contributed by atoms with Crippen LogP contribution in [0.2, 0.25) is 0 Å². The van der Waals surface area contributed by atoms with Crippen LogP contribution in [-0.4, -0.2) is 35.2 Å². The van der Waals surface area contributed by atoms with Crippen LogP contribution in [0.15, 0.2) is 42.5 Å². The molecule has 0 spiro atoms. The Hall–Kier alpha value is -3.41. The number of benzene rings is 2. The molecule has 0 saturated carbocycles. The summed E-state index contributed by atoms with van der Waals surface area (Å²) in [7, 11) is 1.63. The minimum absolute atomic E-state index is 0.186. The van der Waals surface area contributed by atoms with Crippen LogP contribution in [0.3, 0.4) is 0 Å². The van der Waals surface area contributed by atoms with Crippen LogP contribution in [0.1, 0.15) is 44.9 Å². The number of aromatic nitrogens is 2.